The molecule has 0 aliphatic heterocycles. The van der Waals surface area contributed by atoms with E-state index in [0.717, 1.165) is 33.7 Å². The van der Waals surface area contributed by atoms with Crippen LogP contribution in [0, 0.1) is 0 Å². The average molecular weight is 405 g/mol. The summed E-state index contributed by atoms with van der Waals surface area (Å²) in [6.45, 7) is 4.04. The minimum Gasteiger partial charge on any atom is -0.497 e. The maximum absolute atomic E-state index is 5.30. The standard InChI is InChI=1S/C28H23NO2/c1-4-29-27-15-9-21(19-5-11-23(30-2)12-6-19)17-25(27)26-18-22(10-16-28(26)29)20-7-13-24(31-3)14-8-20/h4-18H,1H2,2-3H3. The predicted molar refractivity (Wildman–Crippen MR) is 130 cm³/mol. The van der Waals surface area contributed by atoms with Gasteiger partial charge in [-0.05, 0) is 70.8 Å². The molecule has 5 rings (SSSR count). The number of aromatic nitrogens is 1. The molecule has 31 heavy (non-hydrogen) atoms. The van der Waals surface area contributed by atoms with Crippen LogP contribution in [-0.2, 0) is 0 Å². The third kappa shape index (κ3) is 3.24. The van der Waals surface area contributed by atoms with Crippen LogP contribution in [0.15, 0.2) is 91.5 Å². The van der Waals surface area contributed by atoms with Crippen molar-refractivity contribution in [2.75, 3.05) is 14.2 Å². The Morgan fingerprint density at radius 1 is 0.581 bits per heavy atom. The Bertz CT molecular complexity index is 1290. The molecule has 0 saturated heterocycles. The topological polar surface area (TPSA) is 23.4 Å². The summed E-state index contributed by atoms with van der Waals surface area (Å²) < 4.78 is 12.7. The fourth-order valence-electron chi connectivity index (χ4n) is 4.18. The van der Waals surface area contributed by atoms with Crippen molar-refractivity contribution in [1.82, 2.24) is 4.57 Å². The molecule has 0 bridgehead atoms. The van der Waals surface area contributed by atoms with Crippen LogP contribution < -0.4 is 9.47 Å². The first-order valence-corrected chi connectivity index (χ1v) is 10.2. The van der Waals surface area contributed by atoms with Crippen molar-refractivity contribution < 1.29 is 9.47 Å². The van der Waals surface area contributed by atoms with E-state index in [1.807, 2.05) is 30.5 Å². The van der Waals surface area contributed by atoms with Gasteiger partial charge in [0.2, 0.25) is 0 Å². The summed E-state index contributed by atoms with van der Waals surface area (Å²) in [6, 6.07) is 29.5. The molecule has 152 valence electrons. The van der Waals surface area contributed by atoms with E-state index in [9.17, 15) is 0 Å². The third-order valence-corrected chi connectivity index (χ3v) is 5.83. The number of rotatable bonds is 5. The summed E-state index contributed by atoms with van der Waals surface area (Å²) in [4.78, 5) is 0. The zero-order valence-electron chi connectivity index (χ0n) is 17.6. The predicted octanol–water partition coefficient (Wildman–Crippen LogP) is 7.25. The van der Waals surface area contributed by atoms with E-state index in [1.165, 1.54) is 21.9 Å². The maximum Gasteiger partial charge on any atom is 0.118 e. The van der Waals surface area contributed by atoms with Crippen molar-refractivity contribution in [3.63, 3.8) is 0 Å². The van der Waals surface area contributed by atoms with Gasteiger partial charge in [0, 0.05) is 17.0 Å². The highest BCUT2D eigenvalue weighted by Gasteiger charge is 2.12. The second-order valence-electron chi connectivity index (χ2n) is 7.47. The van der Waals surface area contributed by atoms with Crippen molar-refractivity contribution in [2.45, 2.75) is 0 Å². The Hall–Kier alpha value is -3.98. The van der Waals surface area contributed by atoms with Crippen LogP contribution in [0.3, 0.4) is 0 Å². The molecule has 0 spiro atoms. The quantitative estimate of drug-likeness (QED) is 0.307. The molecule has 0 unspecified atom stereocenters. The van der Waals surface area contributed by atoms with Crippen molar-refractivity contribution in [3.05, 3.63) is 91.5 Å². The Morgan fingerprint density at radius 2 is 0.968 bits per heavy atom. The molecule has 1 heterocycles. The lowest BCUT2D eigenvalue weighted by atomic mass is 10.00. The van der Waals surface area contributed by atoms with Gasteiger partial charge in [-0.1, -0.05) is 43.0 Å². The van der Waals surface area contributed by atoms with E-state index >= 15 is 0 Å². The molecular formula is C28H23NO2. The van der Waals surface area contributed by atoms with E-state index in [2.05, 4.69) is 71.8 Å². The van der Waals surface area contributed by atoms with Gasteiger partial charge in [0.15, 0.2) is 0 Å². The van der Waals surface area contributed by atoms with Gasteiger partial charge >= 0.3 is 0 Å². The summed E-state index contributed by atoms with van der Waals surface area (Å²) in [5, 5.41) is 2.41. The lowest BCUT2D eigenvalue weighted by Crippen LogP contribution is -1.85. The van der Waals surface area contributed by atoms with Gasteiger partial charge in [-0.25, -0.2) is 0 Å². The molecule has 3 heteroatoms. The van der Waals surface area contributed by atoms with Gasteiger partial charge in [0.05, 0.1) is 25.3 Å². The normalized spacial score (nSPS) is 11.0. The first-order chi connectivity index (χ1) is 15.2. The Kier molecular flexibility index (Phi) is 4.72. The van der Waals surface area contributed by atoms with E-state index in [-0.39, 0.29) is 0 Å². The second kappa shape index (κ2) is 7.69. The highest BCUT2D eigenvalue weighted by molar-refractivity contribution is 6.11. The first-order valence-electron chi connectivity index (χ1n) is 10.2. The number of hydrogen-bond acceptors (Lipinski definition) is 2. The van der Waals surface area contributed by atoms with Crippen molar-refractivity contribution in [3.8, 4) is 33.8 Å². The van der Waals surface area contributed by atoms with Crippen molar-refractivity contribution in [2.24, 2.45) is 0 Å². The summed E-state index contributed by atoms with van der Waals surface area (Å²) >= 11 is 0. The summed E-state index contributed by atoms with van der Waals surface area (Å²) in [5.41, 5.74) is 6.96. The lowest BCUT2D eigenvalue weighted by molar-refractivity contribution is 0.415. The number of fused-ring (bicyclic) bond motifs is 3. The molecule has 0 radical (unpaired) electrons. The Morgan fingerprint density at radius 3 is 1.32 bits per heavy atom. The molecule has 4 aromatic carbocycles. The van der Waals surface area contributed by atoms with Crippen LogP contribution in [0.25, 0.3) is 50.3 Å². The van der Waals surface area contributed by atoms with Crippen LogP contribution in [0.5, 0.6) is 11.5 Å². The number of benzene rings is 4. The third-order valence-electron chi connectivity index (χ3n) is 5.83. The average Bonchev–Trinajstić information content (AvgIpc) is 3.16. The lowest BCUT2D eigenvalue weighted by Gasteiger charge is -2.05. The number of hydrogen-bond donors (Lipinski definition) is 0. The van der Waals surface area contributed by atoms with Crippen LogP contribution in [0.1, 0.15) is 0 Å². The van der Waals surface area contributed by atoms with E-state index in [1.54, 1.807) is 14.2 Å². The van der Waals surface area contributed by atoms with E-state index in [4.69, 9.17) is 9.47 Å². The highest BCUT2D eigenvalue weighted by atomic mass is 16.5. The molecule has 0 fully saturated rings. The van der Waals surface area contributed by atoms with E-state index in [0.29, 0.717) is 0 Å². The van der Waals surface area contributed by atoms with Gasteiger partial charge in [-0.15, -0.1) is 0 Å². The molecule has 0 aliphatic carbocycles. The minimum atomic E-state index is 0.859. The fraction of sp³-hybridized carbons (Fsp3) is 0.0714. The summed E-state index contributed by atoms with van der Waals surface area (Å²) in [7, 11) is 3.37. The van der Waals surface area contributed by atoms with Gasteiger partial charge < -0.3 is 14.0 Å². The van der Waals surface area contributed by atoms with Crippen LogP contribution >= 0.6 is 0 Å². The summed E-state index contributed by atoms with van der Waals surface area (Å²) in [5.74, 6) is 1.72. The maximum atomic E-state index is 5.30. The molecule has 1 aromatic heterocycles. The highest BCUT2D eigenvalue weighted by Crippen LogP contribution is 2.36. The smallest absolute Gasteiger partial charge is 0.118 e. The van der Waals surface area contributed by atoms with Gasteiger partial charge in [0.25, 0.3) is 0 Å². The Balaban J connectivity index is 1.69. The molecule has 3 nitrogen and oxygen atoms in total. The number of methoxy groups -OCH3 is 2. The molecule has 5 aromatic rings. The van der Waals surface area contributed by atoms with Gasteiger partial charge in [-0.3, -0.25) is 0 Å². The number of nitrogens with zero attached hydrogens (tertiary/aromatic N) is 1. The monoisotopic (exact) mass is 405 g/mol. The van der Waals surface area contributed by atoms with Crippen LogP contribution in [-0.4, -0.2) is 18.8 Å². The molecule has 0 saturated carbocycles. The zero-order valence-corrected chi connectivity index (χ0v) is 17.6. The molecule has 0 N–H and O–H groups in total. The molecule has 0 aliphatic rings. The molecule has 0 amide bonds. The number of ether oxygens (including phenoxy) is 2. The molecule has 0 atom stereocenters. The fourth-order valence-corrected chi connectivity index (χ4v) is 4.18. The van der Waals surface area contributed by atoms with Crippen molar-refractivity contribution in [1.29, 1.82) is 0 Å². The minimum absolute atomic E-state index is 0.859. The van der Waals surface area contributed by atoms with E-state index < -0.39 is 0 Å². The van der Waals surface area contributed by atoms with Crippen LogP contribution in [0.2, 0.25) is 0 Å². The molecular weight excluding hydrogens is 382 g/mol. The second-order valence-corrected chi connectivity index (χ2v) is 7.47. The van der Waals surface area contributed by atoms with Gasteiger partial charge in [0.1, 0.15) is 11.5 Å². The van der Waals surface area contributed by atoms with Crippen molar-refractivity contribution >= 4 is 28.0 Å². The Labute approximate surface area is 181 Å². The van der Waals surface area contributed by atoms with Crippen LogP contribution in [0.4, 0.5) is 0 Å². The zero-order chi connectivity index (χ0) is 21.4. The SMILES string of the molecule is C=Cn1c2ccc(-c3ccc(OC)cc3)cc2c2cc(-c3ccc(OC)cc3)ccc21. The van der Waals surface area contributed by atoms with Gasteiger partial charge in [-0.2, -0.15) is 0 Å². The first kappa shape index (κ1) is 19.0. The summed E-state index contributed by atoms with van der Waals surface area (Å²) in [6.07, 6.45) is 1.88. The largest absolute Gasteiger partial charge is 0.497 e.